The fraction of sp³-hybridized carbons (Fsp3) is 0.619. The van der Waals surface area contributed by atoms with Gasteiger partial charge in [-0.25, -0.2) is 0 Å². The highest BCUT2D eigenvalue weighted by Crippen LogP contribution is 2.13. The van der Waals surface area contributed by atoms with Crippen molar-refractivity contribution in [2.75, 3.05) is 53.0 Å². The molecular weight excluding hydrogens is 370 g/mol. The van der Waals surface area contributed by atoms with Crippen LogP contribution >= 0.6 is 0 Å². The van der Waals surface area contributed by atoms with E-state index in [1.807, 2.05) is 45.0 Å². The second kappa shape index (κ2) is 11.6. The summed E-state index contributed by atoms with van der Waals surface area (Å²) in [6, 6.07) is 7.99. The van der Waals surface area contributed by atoms with E-state index < -0.39 is 0 Å². The number of nitrogens with zero attached hydrogens (tertiary/aromatic N) is 2. The van der Waals surface area contributed by atoms with Crippen LogP contribution in [-0.4, -0.2) is 75.4 Å². The molecule has 1 heterocycles. The van der Waals surface area contributed by atoms with Crippen molar-refractivity contribution in [2.24, 2.45) is 4.99 Å². The molecule has 1 aromatic carbocycles. The largest absolute Gasteiger partial charge is 0.492 e. The number of hydrogen-bond donors (Lipinski definition) is 3. The number of benzene rings is 1. The van der Waals surface area contributed by atoms with Gasteiger partial charge < -0.3 is 25.4 Å². The van der Waals surface area contributed by atoms with Gasteiger partial charge in [0.15, 0.2) is 5.96 Å². The number of guanidine groups is 1. The number of rotatable bonds is 8. The van der Waals surface area contributed by atoms with Crippen molar-refractivity contribution >= 4 is 11.9 Å². The van der Waals surface area contributed by atoms with E-state index in [1.54, 1.807) is 7.05 Å². The maximum absolute atomic E-state index is 11.9. The normalized spacial score (nSPS) is 15.7. The molecule has 0 saturated carbocycles. The van der Waals surface area contributed by atoms with Gasteiger partial charge in [-0.1, -0.05) is 12.1 Å². The Labute approximate surface area is 174 Å². The quantitative estimate of drug-likeness (QED) is 0.441. The molecule has 0 aliphatic carbocycles. The zero-order valence-electron chi connectivity index (χ0n) is 18.1. The minimum absolute atomic E-state index is 0.0730. The third-order valence-electron chi connectivity index (χ3n) is 4.29. The second-order valence-electron chi connectivity index (χ2n) is 8.03. The van der Waals surface area contributed by atoms with E-state index in [2.05, 4.69) is 25.8 Å². The summed E-state index contributed by atoms with van der Waals surface area (Å²) in [6.45, 7) is 11.7. The highest BCUT2D eigenvalue weighted by molar-refractivity contribution is 5.86. The van der Waals surface area contributed by atoms with Gasteiger partial charge in [-0.15, -0.1) is 0 Å². The van der Waals surface area contributed by atoms with Crippen molar-refractivity contribution in [3.63, 3.8) is 0 Å². The van der Waals surface area contributed by atoms with Crippen LogP contribution in [0.2, 0.25) is 0 Å². The predicted octanol–water partition coefficient (Wildman–Crippen LogP) is 0.977. The van der Waals surface area contributed by atoms with Gasteiger partial charge in [0.25, 0.3) is 0 Å². The number of morpholine rings is 1. The van der Waals surface area contributed by atoms with Crippen LogP contribution in [0.25, 0.3) is 0 Å². The van der Waals surface area contributed by atoms with Crippen LogP contribution in [0.15, 0.2) is 29.3 Å². The van der Waals surface area contributed by atoms with Gasteiger partial charge in [0.05, 0.1) is 19.8 Å². The summed E-state index contributed by atoms with van der Waals surface area (Å²) < 4.78 is 11.3. The third kappa shape index (κ3) is 9.62. The van der Waals surface area contributed by atoms with Crippen LogP contribution in [0.1, 0.15) is 26.3 Å². The van der Waals surface area contributed by atoms with Crippen LogP contribution in [0.4, 0.5) is 0 Å². The SMILES string of the molecule is CN=C(NCC(=O)NC(C)(C)C)NCc1cccc(OCCN2CCOCC2)c1. The maximum Gasteiger partial charge on any atom is 0.239 e. The molecule has 1 saturated heterocycles. The van der Waals surface area contributed by atoms with E-state index in [-0.39, 0.29) is 18.0 Å². The molecule has 3 N–H and O–H groups in total. The Hall–Kier alpha value is -2.32. The fourth-order valence-corrected chi connectivity index (χ4v) is 2.90. The van der Waals surface area contributed by atoms with Gasteiger partial charge in [0.2, 0.25) is 5.91 Å². The average molecular weight is 406 g/mol. The average Bonchev–Trinajstić information content (AvgIpc) is 2.68. The van der Waals surface area contributed by atoms with Gasteiger partial charge in [0.1, 0.15) is 12.4 Å². The molecule has 1 amide bonds. The van der Waals surface area contributed by atoms with E-state index in [4.69, 9.17) is 9.47 Å². The van der Waals surface area contributed by atoms with E-state index in [0.29, 0.717) is 19.1 Å². The van der Waals surface area contributed by atoms with E-state index in [1.165, 1.54) is 0 Å². The lowest BCUT2D eigenvalue weighted by molar-refractivity contribution is -0.121. The minimum atomic E-state index is -0.252. The first-order chi connectivity index (χ1) is 13.9. The smallest absolute Gasteiger partial charge is 0.239 e. The first-order valence-corrected chi connectivity index (χ1v) is 10.1. The number of aliphatic imine (C=N–C) groups is 1. The first kappa shape index (κ1) is 23.0. The van der Waals surface area contributed by atoms with Crippen LogP contribution in [0, 0.1) is 0 Å². The molecule has 8 heteroatoms. The molecule has 2 rings (SSSR count). The molecule has 0 unspecified atom stereocenters. The molecule has 162 valence electrons. The Morgan fingerprint density at radius 1 is 1.24 bits per heavy atom. The zero-order valence-corrected chi connectivity index (χ0v) is 18.1. The summed E-state index contributed by atoms with van der Waals surface area (Å²) >= 11 is 0. The predicted molar refractivity (Wildman–Crippen MR) is 115 cm³/mol. The Morgan fingerprint density at radius 3 is 2.69 bits per heavy atom. The summed E-state index contributed by atoms with van der Waals surface area (Å²) in [7, 11) is 1.68. The highest BCUT2D eigenvalue weighted by Gasteiger charge is 2.13. The Balaban J connectivity index is 1.73. The van der Waals surface area contributed by atoms with Gasteiger partial charge in [0, 0.05) is 38.8 Å². The zero-order chi connectivity index (χ0) is 21.1. The second-order valence-corrected chi connectivity index (χ2v) is 8.03. The van der Waals surface area contributed by atoms with Gasteiger partial charge >= 0.3 is 0 Å². The van der Waals surface area contributed by atoms with Gasteiger partial charge in [-0.05, 0) is 38.5 Å². The molecule has 1 aliphatic rings. The lowest BCUT2D eigenvalue weighted by Crippen LogP contribution is -2.48. The van der Waals surface area contributed by atoms with Crippen molar-refractivity contribution in [1.82, 2.24) is 20.9 Å². The molecule has 1 aromatic rings. The third-order valence-corrected chi connectivity index (χ3v) is 4.29. The first-order valence-electron chi connectivity index (χ1n) is 10.1. The molecule has 29 heavy (non-hydrogen) atoms. The molecule has 0 radical (unpaired) electrons. The summed E-state index contributed by atoms with van der Waals surface area (Å²) in [5, 5.41) is 9.16. The van der Waals surface area contributed by atoms with Crippen molar-refractivity contribution in [2.45, 2.75) is 32.9 Å². The summed E-state index contributed by atoms with van der Waals surface area (Å²) in [5.74, 6) is 1.36. The molecule has 1 fully saturated rings. The van der Waals surface area contributed by atoms with Crippen molar-refractivity contribution in [3.05, 3.63) is 29.8 Å². The molecule has 0 bridgehead atoms. The monoisotopic (exact) mass is 405 g/mol. The summed E-state index contributed by atoms with van der Waals surface area (Å²) in [5.41, 5.74) is 0.828. The number of nitrogens with one attached hydrogen (secondary N) is 3. The summed E-state index contributed by atoms with van der Waals surface area (Å²) in [6.07, 6.45) is 0. The number of ether oxygens (including phenoxy) is 2. The molecule has 1 aliphatic heterocycles. The number of carbonyl (C=O) groups is 1. The lowest BCUT2D eigenvalue weighted by Gasteiger charge is -2.26. The van der Waals surface area contributed by atoms with Crippen molar-refractivity contribution in [1.29, 1.82) is 0 Å². The Bertz CT molecular complexity index is 667. The lowest BCUT2D eigenvalue weighted by atomic mass is 10.1. The number of hydrogen-bond acceptors (Lipinski definition) is 5. The van der Waals surface area contributed by atoms with Gasteiger partial charge in [-0.2, -0.15) is 0 Å². The standard InChI is InChI=1S/C21H35N5O3/c1-21(2,3)25-19(27)16-24-20(22-4)23-15-17-6-5-7-18(14-17)29-13-10-26-8-11-28-12-9-26/h5-7,14H,8-13,15-16H2,1-4H3,(H,25,27)(H2,22,23,24). The van der Waals surface area contributed by atoms with Crippen LogP contribution in [-0.2, 0) is 16.1 Å². The fourth-order valence-electron chi connectivity index (χ4n) is 2.90. The molecule has 0 atom stereocenters. The van der Waals surface area contributed by atoms with Crippen molar-refractivity contribution < 1.29 is 14.3 Å². The van der Waals surface area contributed by atoms with Gasteiger partial charge in [-0.3, -0.25) is 14.7 Å². The molecule has 0 spiro atoms. The number of carbonyl (C=O) groups excluding carboxylic acids is 1. The van der Waals surface area contributed by atoms with Crippen LogP contribution < -0.4 is 20.7 Å². The highest BCUT2D eigenvalue weighted by atomic mass is 16.5. The molecule has 0 aromatic heterocycles. The number of amides is 1. The van der Waals surface area contributed by atoms with E-state index >= 15 is 0 Å². The molecular formula is C21H35N5O3. The maximum atomic E-state index is 11.9. The van der Waals surface area contributed by atoms with Crippen molar-refractivity contribution in [3.8, 4) is 5.75 Å². The van der Waals surface area contributed by atoms with E-state index in [0.717, 1.165) is 44.2 Å². The van der Waals surface area contributed by atoms with Crippen LogP contribution in [0.5, 0.6) is 5.75 Å². The van der Waals surface area contributed by atoms with E-state index in [9.17, 15) is 4.79 Å². The summed E-state index contributed by atoms with van der Waals surface area (Å²) in [4.78, 5) is 18.4. The molecule has 8 nitrogen and oxygen atoms in total. The Kier molecular flexibility index (Phi) is 9.21. The minimum Gasteiger partial charge on any atom is -0.492 e. The topological polar surface area (TPSA) is 87.2 Å². The Morgan fingerprint density at radius 2 is 2.00 bits per heavy atom. The van der Waals surface area contributed by atoms with Crippen LogP contribution in [0.3, 0.4) is 0 Å².